The predicted molar refractivity (Wildman–Crippen MR) is 39.1 cm³/mol. The van der Waals surface area contributed by atoms with E-state index in [9.17, 15) is 9.59 Å². The van der Waals surface area contributed by atoms with Gasteiger partial charge in [0.15, 0.2) is 0 Å². The zero-order chi connectivity index (χ0) is 7.44. The molecule has 0 amide bonds. The molecule has 0 aliphatic carbocycles. The molecule has 66 valence electrons. The molecule has 0 aromatic heterocycles. The summed E-state index contributed by atoms with van der Waals surface area (Å²) in [7, 11) is 0. The van der Waals surface area contributed by atoms with Crippen molar-refractivity contribution < 1.29 is 19.8 Å². The fourth-order valence-electron chi connectivity index (χ4n) is 0.258. The van der Waals surface area contributed by atoms with Crippen molar-refractivity contribution in [2.24, 2.45) is 0 Å². The Balaban J connectivity index is -0.000000320. The molecule has 8 N–H and O–H groups in total. The van der Waals surface area contributed by atoms with Crippen LogP contribution < -0.4 is 12.3 Å². The first-order valence-corrected chi connectivity index (χ1v) is 2.17. The van der Waals surface area contributed by atoms with Crippen molar-refractivity contribution in [2.45, 2.75) is 6.42 Å². The summed E-state index contributed by atoms with van der Waals surface area (Å²) >= 11 is 0. The summed E-state index contributed by atoms with van der Waals surface area (Å²) in [4.78, 5) is 19.7. The second-order valence-electron chi connectivity index (χ2n) is 1.48. The molecule has 0 atom stereocenters. The second kappa shape index (κ2) is 6.72. The molecule has 0 bridgehead atoms. The van der Waals surface area contributed by atoms with Crippen molar-refractivity contribution in [1.29, 1.82) is 0 Å². The Morgan fingerprint density at radius 3 is 1.64 bits per heavy atom. The van der Waals surface area contributed by atoms with Gasteiger partial charge < -0.3 is 22.5 Å². The van der Waals surface area contributed by atoms with Crippen LogP contribution in [-0.4, -0.2) is 22.2 Å². The zero-order valence-electron chi connectivity index (χ0n) is 6.04. The van der Waals surface area contributed by atoms with Crippen molar-refractivity contribution in [1.82, 2.24) is 12.3 Å². The largest absolute Gasteiger partial charge is 0.481 e. The molecule has 6 heteroatoms. The molecule has 0 rings (SSSR count). The minimum absolute atomic E-state index is 0. The lowest BCUT2D eigenvalue weighted by Gasteiger charge is -1.91. The Labute approximate surface area is 63.7 Å². The third kappa shape index (κ3) is 8.60. The number of rotatable bonds is 3. The first-order valence-electron chi connectivity index (χ1n) is 2.17. The van der Waals surface area contributed by atoms with E-state index in [0.29, 0.717) is 0 Å². The first-order chi connectivity index (χ1) is 4.04. The summed E-state index contributed by atoms with van der Waals surface area (Å²) < 4.78 is 0. The van der Waals surface area contributed by atoms with E-state index in [2.05, 4.69) is 6.58 Å². The Hall–Kier alpha value is -1.40. The Kier molecular flexibility index (Phi) is 9.95. The van der Waals surface area contributed by atoms with Crippen molar-refractivity contribution in [3.8, 4) is 0 Å². The Bertz CT molecular complexity index is 166. The van der Waals surface area contributed by atoms with Gasteiger partial charge >= 0.3 is 11.9 Å². The molecule has 0 radical (unpaired) electrons. The highest BCUT2D eigenvalue weighted by molar-refractivity contribution is 5.91. The van der Waals surface area contributed by atoms with E-state index in [0.717, 1.165) is 0 Å². The van der Waals surface area contributed by atoms with Crippen molar-refractivity contribution >= 4 is 11.9 Å². The van der Waals surface area contributed by atoms with Gasteiger partial charge in [-0.3, -0.25) is 4.79 Å². The molecule has 0 aromatic carbocycles. The van der Waals surface area contributed by atoms with Crippen LogP contribution in [0.25, 0.3) is 0 Å². The van der Waals surface area contributed by atoms with E-state index in [4.69, 9.17) is 10.2 Å². The number of carboxylic acids is 2. The lowest BCUT2D eigenvalue weighted by Crippen LogP contribution is -2.04. The molecule has 6 nitrogen and oxygen atoms in total. The van der Waals surface area contributed by atoms with Crippen LogP contribution in [0, 0.1) is 0 Å². The van der Waals surface area contributed by atoms with Crippen LogP contribution in [-0.2, 0) is 9.59 Å². The number of hydrogen-bond acceptors (Lipinski definition) is 4. The normalized spacial score (nSPS) is 6.91. The predicted octanol–water partition coefficient (Wildman–Crippen LogP) is 0.426. The van der Waals surface area contributed by atoms with Crippen molar-refractivity contribution in [3.63, 3.8) is 0 Å². The topological polar surface area (TPSA) is 145 Å². The van der Waals surface area contributed by atoms with Crippen molar-refractivity contribution in [3.05, 3.63) is 12.2 Å². The molecule has 0 unspecified atom stereocenters. The van der Waals surface area contributed by atoms with Gasteiger partial charge in [-0.25, -0.2) is 4.79 Å². The van der Waals surface area contributed by atoms with Crippen LogP contribution in [0.15, 0.2) is 12.2 Å². The van der Waals surface area contributed by atoms with E-state index in [1.54, 1.807) is 0 Å². The fourth-order valence-corrected chi connectivity index (χ4v) is 0.258. The summed E-state index contributed by atoms with van der Waals surface area (Å²) in [6.07, 6.45) is -0.505. The number of carbonyl (C=O) groups is 2. The van der Waals surface area contributed by atoms with E-state index in [1.807, 2.05) is 0 Å². The Morgan fingerprint density at radius 1 is 1.18 bits per heavy atom. The number of hydrogen-bond donors (Lipinski definition) is 4. The molecule has 0 spiro atoms. The molecule has 0 aliphatic heterocycles. The smallest absolute Gasteiger partial charge is 0.331 e. The third-order valence-corrected chi connectivity index (χ3v) is 0.667. The van der Waals surface area contributed by atoms with Crippen LogP contribution >= 0.6 is 0 Å². The molecule has 0 saturated heterocycles. The van der Waals surface area contributed by atoms with E-state index >= 15 is 0 Å². The zero-order valence-corrected chi connectivity index (χ0v) is 6.04. The monoisotopic (exact) mass is 164 g/mol. The van der Waals surface area contributed by atoms with Gasteiger partial charge in [-0.15, -0.1) is 0 Å². The summed E-state index contributed by atoms with van der Waals surface area (Å²) in [5.41, 5.74) is -0.303. The highest BCUT2D eigenvalue weighted by Crippen LogP contribution is 1.95. The van der Waals surface area contributed by atoms with Crippen LogP contribution in [0.1, 0.15) is 6.42 Å². The minimum Gasteiger partial charge on any atom is -0.481 e. The third-order valence-electron chi connectivity index (χ3n) is 0.667. The number of aliphatic carboxylic acids is 2. The van der Waals surface area contributed by atoms with Crippen LogP contribution in [0.5, 0.6) is 0 Å². The minimum atomic E-state index is -1.27. The molecule has 0 heterocycles. The van der Waals surface area contributed by atoms with Gasteiger partial charge in [-0.1, -0.05) is 6.58 Å². The number of carboxylic acid groups (broad SMARTS) is 2. The van der Waals surface area contributed by atoms with Gasteiger partial charge in [0.05, 0.1) is 6.42 Å². The highest BCUT2D eigenvalue weighted by Gasteiger charge is 2.07. The molecule has 0 fully saturated rings. The van der Waals surface area contributed by atoms with Gasteiger partial charge in [0.1, 0.15) is 0 Å². The second-order valence-corrected chi connectivity index (χ2v) is 1.48. The highest BCUT2D eigenvalue weighted by atomic mass is 16.4. The SMILES string of the molecule is C=C(CC(=O)O)C(=O)O.N.N. The molecule has 0 aromatic rings. The lowest BCUT2D eigenvalue weighted by molar-refractivity contribution is -0.139. The van der Waals surface area contributed by atoms with Crippen LogP contribution in [0.4, 0.5) is 0 Å². The summed E-state index contributed by atoms with van der Waals surface area (Å²) in [5, 5.41) is 16.1. The van der Waals surface area contributed by atoms with E-state index in [-0.39, 0.29) is 17.9 Å². The van der Waals surface area contributed by atoms with Gasteiger partial charge in [-0.2, -0.15) is 0 Å². The quantitative estimate of drug-likeness (QED) is 0.445. The summed E-state index contributed by atoms with van der Waals surface area (Å²) in [5.74, 6) is -2.44. The summed E-state index contributed by atoms with van der Waals surface area (Å²) in [6.45, 7) is 3.01. The maximum atomic E-state index is 9.87. The maximum absolute atomic E-state index is 9.87. The van der Waals surface area contributed by atoms with E-state index < -0.39 is 18.4 Å². The molecule has 0 aliphatic rings. The van der Waals surface area contributed by atoms with Crippen molar-refractivity contribution in [2.75, 3.05) is 0 Å². The van der Waals surface area contributed by atoms with E-state index in [1.165, 1.54) is 0 Å². The average molecular weight is 164 g/mol. The average Bonchev–Trinajstić information content (AvgIpc) is 1.63. The maximum Gasteiger partial charge on any atom is 0.331 e. The molecule has 11 heavy (non-hydrogen) atoms. The molecular formula is C5H12N2O4. The van der Waals surface area contributed by atoms with Crippen LogP contribution in [0.3, 0.4) is 0 Å². The standard InChI is InChI=1S/C5H6O4.2H3N/c1-3(5(8)9)2-4(6)7;;/h1-2H2,(H,6,7)(H,8,9);2*1H3. The van der Waals surface area contributed by atoms with Gasteiger partial charge in [0.25, 0.3) is 0 Å². The van der Waals surface area contributed by atoms with Gasteiger partial charge in [0, 0.05) is 5.57 Å². The first kappa shape index (κ1) is 16.3. The Morgan fingerprint density at radius 2 is 1.55 bits per heavy atom. The summed E-state index contributed by atoms with van der Waals surface area (Å²) in [6, 6.07) is 0. The molecule has 0 saturated carbocycles. The van der Waals surface area contributed by atoms with Gasteiger partial charge in [0.2, 0.25) is 0 Å². The van der Waals surface area contributed by atoms with Crippen LogP contribution in [0.2, 0.25) is 0 Å². The fraction of sp³-hybridized carbons (Fsp3) is 0.200. The lowest BCUT2D eigenvalue weighted by atomic mass is 10.2. The van der Waals surface area contributed by atoms with Gasteiger partial charge in [-0.05, 0) is 0 Å². The molecular weight excluding hydrogens is 152 g/mol.